The van der Waals surface area contributed by atoms with E-state index in [1.165, 1.54) is 0 Å². The SMILES string of the molecule is C[C@H]1O[C@@]2(COC(C)(C)O2)[C@H]2OC(C)(C)O[C@@H]12. The van der Waals surface area contributed by atoms with Crippen LogP contribution in [-0.4, -0.2) is 42.3 Å². The van der Waals surface area contributed by atoms with E-state index in [-0.39, 0.29) is 18.3 Å². The van der Waals surface area contributed by atoms with E-state index < -0.39 is 17.4 Å². The molecule has 0 aromatic heterocycles. The smallest absolute Gasteiger partial charge is 0.224 e. The Bertz CT molecular complexity index is 340. The van der Waals surface area contributed by atoms with Gasteiger partial charge < -0.3 is 23.7 Å². The van der Waals surface area contributed by atoms with Crippen molar-refractivity contribution in [1.29, 1.82) is 0 Å². The fourth-order valence-electron chi connectivity index (χ4n) is 2.87. The van der Waals surface area contributed by atoms with Gasteiger partial charge in [0, 0.05) is 0 Å². The van der Waals surface area contributed by atoms with Gasteiger partial charge in [-0.3, -0.25) is 0 Å². The Labute approximate surface area is 101 Å². The molecule has 0 radical (unpaired) electrons. The molecule has 4 atom stereocenters. The molecule has 3 aliphatic rings. The van der Waals surface area contributed by atoms with E-state index in [9.17, 15) is 0 Å². The van der Waals surface area contributed by atoms with Gasteiger partial charge in [0.2, 0.25) is 5.79 Å². The molecule has 0 unspecified atom stereocenters. The van der Waals surface area contributed by atoms with Crippen LogP contribution >= 0.6 is 0 Å². The maximum absolute atomic E-state index is 5.93. The highest BCUT2D eigenvalue weighted by atomic mass is 16.9. The molecule has 5 nitrogen and oxygen atoms in total. The van der Waals surface area contributed by atoms with Gasteiger partial charge in [-0.2, -0.15) is 0 Å². The zero-order chi connectivity index (χ0) is 12.5. The molecule has 0 aromatic carbocycles. The first kappa shape index (κ1) is 11.9. The van der Waals surface area contributed by atoms with Crippen LogP contribution in [0, 0.1) is 0 Å². The van der Waals surface area contributed by atoms with E-state index in [1.807, 2.05) is 34.6 Å². The fraction of sp³-hybridized carbons (Fsp3) is 1.00. The van der Waals surface area contributed by atoms with Crippen LogP contribution in [-0.2, 0) is 23.7 Å². The van der Waals surface area contributed by atoms with Crippen molar-refractivity contribution in [3.63, 3.8) is 0 Å². The predicted molar refractivity (Wildman–Crippen MR) is 58.2 cm³/mol. The Morgan fingerprint density at radius 3 is 2.24 bits per heavy atom. The summed E-state index contributed by atoms with van der Waals surface area (Å²) in [7, 11) is 0. The molecule has 3 rings (SSSR count). The third kappa shape index (κ3) is 1.72. The highest BCUT2D eigenvalue weighted by Gasteiger charge is 2.66. The summed E-state index contributed by atoms with van der Waals surface area (Å²) in [6, 6.07) is 0. The Balaban J connectivity index is 1.89. The van der Waals surface area contributed by atoms with Crippen LogP contribution in [0.5, 0.6) is 0 Å². The van der Waals surface area contributed by atoms with Crippen molar-refractivity contribution in [2.24, 2.45) is 0 Å². The number of hydrogen-bond donors (Lipinski definition) is 0. The molecule has 0 amide bonds. The highest BCUT2D eigenvalue weighted by Crippen LogP contribution is 2.49. The van der Waals surface area contributed by atoms with Gasteiger partial charge >= 0.3 is 0 Å². The molecule has 0 N–H and O–H groups in total. The van der Waals surface area contributed by atoms with E-state index in [0.717, 1.165) is 0 Å². The maximum atomic E-state index is 5.93. The summed E-state index contributed by atoms with van der Waals surface area (Å²) >= 11 is 0. The lowest BCUT2D eigenvalue weighted by molar-refractivity contribution is -0.294. The van der Waals surface area contributed by atoms with E-state index >= 15 is 0 Å². The largest absolute Gasteiger partial charge is 0.345 e. The third-order valence-electron chi connectivity index (χ3n) is 3.45. The van der Waals surface area contributed by atoms with Crippen LogP contribution in [0.15, 0.2) is 0 Å². The van der Waals surface area contributed by atoms with Crippen LogP contribution in [0.25, 0.3) is 0 Å². The van der Waals surface area contributed by atoms with Crippen molar-refractivity contribution in [2.45, 2.75) is 70.3 Å². The van der Waals surface area contributed by atoms with Crippen LogP contribution in [0.1, 0.15) is 34.6 Å². The van der Waals surface area contributed by atoms with Crippen molar-refractivity contribution in [3.8, 4) is 0 Å². The molecule has 3 aliphatic heterocycles. The number of ether oxygens (including phenoxy) is 5. The van der Waals surface area contributed by atoms with Crippen LogP contribution in [0.4, 0.5) is 0 Å². The number of rotatable bonds is 0. The van der Waals surface area contributed by atoms with Gasteiger partial charge in [0.05, 0.1) is 6.10 Å². The summed E-state index contributed by atoms with van der Waals surface area (Å²) < 4.78 is 29.2. The Kier molecular flexibility index (Phi) is 2.25. The lowest BCUT2D eigenvalue weighted by Crippen LogP contribution is -2.46. The second kappa shape index (κ2) is 3.22. The molecule has 3 heterocycles. The minimum Gasteiger partial charge on any atom is -0.345 e. The topological polar surface area (TPSA) is 46.2 Å². The highest BCUT2D eigenvalue weighted by molar-refractivity contribution is 5.04. The van der Waals surface area contributed by atoms with Crippen molar-refractivity contribution >= 4 is 0 Å². The normalized spacial score (nSPS) is 51.0. The van der Waals surface area contributed by atoms with Crippen molar-refractivity contribution in [2.75, 3.05) is 6.61 Å². The summed E-state index contributed by atoms with van der Waals surface area (Å²) in [5.41, 5.74) is 0. The second-order valence-electron chi connectivity index (χ2n) is 5.95. The first-order valence-corrected chi connectivity index (χ1v) is 6.11. The van der Waals surface area contributed by atoms with Crippen LogP contribution < -0.4 is 0 Å². The van der Waals surface area contributed by atoms with Crippen LogP contribution in [0.2, 0.25) is 0 Å². The predicted octanol–water partition coefficient (Wildman–Crippen LogP) is 1.40. The van der Waals surface area contributed by atoms with Crippen molar-refractivity contribution in [3.05, 3.63) is 0 Å². The van der Waals surface area contributed by atoms with Gasteiger partial charge in [0.25, 0.3) is 0 Å². The molecule has 0 saturated carbocycles. The summed E-state index contributed by atoms with van der Waals surface area (Å²) in [6.07, 6.45) is -0.379. The van der Waals surface area contributed by atoms with Gasteiger partial charge in [-0.15, -0.1) is 0 Å². The van der Waals surface area contributed by atoms with Crippen molar-refractivity contribution < 1.29 is 23.7 Å². The molecule has 0 bridgehead atoms. The number of fused-ring (bicyclic) bond motifs is 2. The molecule has 3 fully saturated rings. The van der Waals surface area contributed by atoms with Gasteiger partial charge in [-0.1, -0.05) is 0 Å². The zero-order valence-corrected chi connectivity index (χ0v) is 11.0. The molecule has 98 valence electrons. The Morgan fingerprint density at radius 1 is 0.941 bits per heavy atom. The third-order valence-corrected chi connectivity index (χ3v) is 3.45. The Hall–Kier alpha value is -0.200. The van der Waals surface area contributed by atoms with E-state index in [4.69, 9.17) is 23.7 Å². The molecule has 17 heavy (non-hydrogen) atoms. The van der Waals surface area contributed by atoms with Crippen LogP contribution in [0.3, 0.4) is 0 Å². The average Bonchev–Trinajstić information content (AvgIpc) is 2.71. The second-order valence-corrected chi connectivity index (χ2v) is 5.95. The lowest BCUT2D eigenvalue weighted by Gasteiger charge is -2.30. The summed E-state index contributed by atoms with van der Waals surface area (Å²) in [4.78, 5) is 0. The van der Waals surface area contributed by atoms with Gasteiger partial charge in [0.15, 0.2) is 11.6 Å². The van der Waals surface area contributed by atoms with E-state index in [0.29, 0.717) is 6.61 Å². The van der Waals surface area contributed by atoms with Crippen molar-refractivity contribution in [1.82, 2.24) is 0 Å². The standard InChI is InChI=1S/C12H20O5/c1-7-8-9(16-11(4,5)15-8)12(14-7)6-13-10(2,3)17-12/h7-9H,6H2,1-5H3/t7-,8+,9+,12-/m1/s1. The molecule has 0 aromatic rings. The monoisotopic (exact) mass is 244 g/mol. The minimum absolute atomic E-state index is 0.0562. The van der Waals surface area contributed by atoms with E-state index in [2.05, 4.69) is 0 Å². The summed E-state index contributed by atoms with van der Waals surface area (Å²) in [5.74, 6) is -2.04. The van der Waals surface area contributed by atoms with E-state index in [1.54, 1.807) is 0 Å². The van der Waals surface area contributed by atoms with Gasteiger partial charge in [-0.25, -0.2) is 0 Å². The lowest BCUT2D eigenvalue weighted by atomic mass is 10.1. The Morgan fingerprint density at radius 2 is 1.65 bits per heavy atom. The summed E-state index contributed by atoms with van der Waals surface area (Å²) in [6.45, 7) is 9.93. The fourth-order valence-corrected chi connectivity index (χ4v) is 2.87. The van der Waals surface area contributed by atoms with Gasteiger partial charge in [-0.05, 0) is 34.6 Å². The molecule has 3 saturated heterocycles. The number of hydrogen-bond acceptors (Lipinski definition) is 5. The molecule has 1 spiro atoms. The molecule has 0 aliphatic carbocycles. The first-order chi connectivity index (χ1) is 7.73. The molecular formula is C12H20O5. The molecule has 5 heteroatoms. The summed E-state index contributed by atoms with van der Waals surface area (Å²) in [5, 5.41) is 0. The van der Waals surface area contributed by atoms with Gasteiger partial charge in [0.1, 0.15) is 18.8 Å². The zero-order valence-electron chi connectivity index (χ0n) is 11.0. The first-order valence-electron chi connectivity index (χ1n) is 6.11. The maximum Gasteiger partial charge on any atom is 0.224 e. The average molecular weight is 244 g/mol. The molecular weight excluding hydrogens is 224 g/mol. The quantitative estimate of drug-likeness (QED) is 0.644. The minimum atomic E-state index is -0.818.